The van der Waals surface area contributed by atoms with Gasteiger partial charge in [-0.25, -0.2) is 9.98 Å². The van der Waals surface area contributed by atoms with Crippen LogP contribution in [0.2, 0.25) is 0 Å². The second kappa shape index (κ2) is 8.01. The molecule has 0 atom stereocenters. The zero-order valence-electron chi connectivity index (χ0n) is 15.0. The summed E-state index contributed by atoms with van der Waals surface area (Å²) in [5.74, 6) is 1.07. The molecule has 2 aromatic rings. The summed E-state index contributed by atoms with van der Waals surface area (Å²) in [6, 6.07) is 10.0. The molecule has 3 N–H and O–H groups in total. The lowest BCUT2D eigenvalue weighted by Crippen LogP contribution is -2.22. The number of anilines is 1. The molecule has 0 radical (unpaired) electrons. The smallest absolute Gasteiger partial charge is 0.218 e. The van der Waals surface area contributed by atoms with Gasteiger partial charge in [0, 0.05) is 17.4 Å². The number of pyridine rings is 1. The van der Waals surface area contributed by atoms with Gasteiger partial charge < -0.3 is 15.8 Å². The minimum absolute atomic E-state index is 0.281. The Balaban J connectivity index is 1.65. The van der Waals surface area contributed by atoms with Gasteiger partial charge in [-0.3, -0.25) is 0 Å². The number of aromatic nitrogens is 1. The second-order valence-corrected chi connectivity index (χ2v) is 6.62. The first-order valence-electron chi connectivity index (χ1n) is 8.86. The van der Waals surface area contributed by atoms with Crippen molar-refractivity contribution in [3.63, 3.8) is 0 Å². The van der Waals surface area contributed by atoms with E-state index in [1.807, 2.05) is 18.2 Å². The molecule has 1 fully saturated rings. The van der Waals surface area contributed by atoms with Gasteiger partial charge in [-0.2, -0.15) is 0 Å². The van der Waals surface area contributed by atoms with Gasteiger partial charge in [0.15, 0.2) is 5.96 Å². The van der Waals surface area contributed by atoms with E-state index in [2.05, 4.69) is 41.3 Å². The first-order chi connectivity index (χ1) is 12.1. The van der Waals surface area contributed by atoms with Gasteiger partial charge in [-0.1, -0.05) is 12.1 Å². The van der Waals surface area contributed by atoms with Gasteiger partial charge in [-0.15, -0.1) is 0 Å². The molecular weight excluding hydrogens is 312 g/mol. The van der Waals surface area contributed by atoms with Gasteiger partial charge in [0.25, 0.3) is 0 Å². The van der Waals surface area contributed by atoms with Crippen LogP contribution in [0.3, 0.4) is 0 Å². The van der Waals surface area contributed by atoms with E-state index in [0.29, 0.717) is 18.4 Å². The third kappa shape index (κ3) is 4.72. The monoisotopic (exact) mass is 338 g/mol. The van der Waals surface area contributed by atoms with Gasteiger partial charge in [-0.05, 0) is 68.9 Å². The summed E-state index contributed by atoms with van der Waals surface area (Å²) in [6.07, 6.45) is 6.72. The molecule has 1 aliphatic carbocycles. The highest BCUT2D eigenvalue weighted by Crippen LogP contribution is 2.25. The summed E-state index contributed by atoms with van der Waals surface area (Å²) in [5.41, 5.74) is 10.4. The Morgan fingerprint density at radius 1 is 1.24 bits per heavy atom. The number of rotatable bonds is 5. The fourth-order valence-electron chi connectivity index (χ4n) is 2.99. The molecule has 1 saturated carbocycles. The predicted octanol–water partition coefficient (Wildman–Crippen LogP) is 3.95. The minimum Gasteiger partial charge on any atom is -0.474 e. The van der Waals surface area contributed by atoms with Gasteiger partial charge in [0.1, 0.15) is 6.10 Å². The molecule has 1 aliphatic rings. The van der Waals surface area contributed by atoms with Crippen molar-refractivity contribution >= 4 is 11.6 Å². The molecule has 0 amide bonds. The van der Waals surface area contributed by atoms with E-state index in [9.17, 15) is 0 Å². The average Bonchev–Trinajstić information content (AvgIpc) is 3.10. The zero-order chi connectivity index (χ0) is 17.6. The summed E-state index contributed by atoms with van der Waals surface area (Å²) in [7, 11) is 0. The highest BCUT2D eigenvalue weighted by molar-refractivity contribution is 5.92. The Bertz CT molecular complexity index is 751. The van der Waals surface area contributed by atoms with Crippen molar-refractivity contribution in [3.05, 3.63) is 53.2 Å². The number of aliphatic imine (C=N–C) groups is 1. The molecule has 0 unspecified atom stereocenters. The van der Waals surface area contributed by atoms with Crippen LogP contribution in [0.15, 0.2) is 41.5 Å². The molecule has 5 heteroatoms. The van der Waals surface area contributed by atoms with E-state index < -0.39 is 0 Å². The van der Waals surface area contributed by atoms with E-state index in [1.165, 1.54) is 24.0 Å². The number of nitrogens with one attached hydrogen (secondary N) is 1. The number of hydrogen-bond donors (Lipinski definition) is 2. The van der Waals surface area contributed by atoms with E-state index >= 15 is 0 Å². The van der Waals surface area contributed by atoms with Crippen LogP contribution in [-0.4, -0.2) is 17.0 Å². The molecule has 1 aromatic carbocycles. The van der Waals surface area contributed by atoms with Crippen LogP contribution in [0.25, 0.3) is 0 Å². The SMILES string of the molecule is Cc1ccc(NC(N)=NCc2cccnc2OC2CCCC2)cc1C. The van der Waals surface area contributed by atoms with Crippen LogP contribution in [-0.2, 0) is 6.54 Å². The maximum atomic E-state index is 6.04. The second-order valence-electron chi connectivity index (χ2n) is 6.62. The number of benzene rings is 1. The van der Waals surface area contributed by atoms with Crippen molar-refractivity contribution < 1.29 is 4.74 Å². The maximum Gasteiger partial charge on any atom is 0.218 e. The third-order valence-electron chi connectivity index (χ3n) is 4.63. The Hall–Kier alpha value is -2.56. The molecule has 3 rings (SSSR count). The third-order valence-corrected chi connectivity index (χ3v) is 4.63. The van der Waals surface area contributed by atoms with E-state index in [1.54, 1.807) is 6.20 Å². The summed E-state index contributed by atoms with van der Waals surface area (Å²) in [5, 5.41) is 3.14. The summed E-state index contributed by atoms with van der Waals surface area (Å²) >= 11 is 0. The highest BCUT2D eigenvalue weighted by atomic mass is 16.5. The van der Waals surface area contributed by atoms with Gasteiger partial charge in [0.05, 0.1) is 6.54 Å². The van der Waals surface area contributed by atoms with Crippen molar-refractivity contribution in [2.24, 2.45) is 10.7 Å². The van der Waals surface area contributed by atoms with Crippen LogP contribution in [0.1, 0.15) is 42.4 Å². The molecule has 1 heterocycles. The van der Waals surface area contributed by atoms with E-state index in [4.69, 9.17) is 10.5 Å². The Labute approximate surface area is 149 Å². The number of nitrogens with zero attached hydrogens (tertiary/aromatic N) is 2. The van der Waals surface area contributed by atoms with Crippen molar-refractivity contribution in [1.82, 2.24) is 4.98 Å². The average molecular weight is 338 g/mol. The molecule has 0 bridgehead atoms. The van der Waals surface area contributed by atoms with E-state index in [0.717, 1.165) is 24.1 Å². The van der Waals surface area contributed by atoms with Crippen LogP contribution in [0.5, 0.6) is 5.88 Å². The lowest BCUT2D eigenvalue weighted by molar-refractivity contribution is 0.199. The molecule has 25 heavy (non-hydrogen) atoms. The molecule has 0 aliphatic heterocycles. The molecule has 5 nitrogen and oxygen atoms in total. The van der Waals surface area contributed by atoms with Crippen LogP contribution >= 0.6 is 0 Å². The zero-order valence-corrected chi connectivity index (χ0v) is 15.0. The molecule has 132 valence electrons. The fraction of sp³-hybridized carbons (Fsp3) is 0.400. The first kappa shape index (κ1) is 17.3. The van der Waals surface area contributed by atoms with Gasteiger partial charge in [0.2, 0.25) is 5.88 Å². The van der Waals surface area contributed by atoms with Crippen molar-refractivity contribution in [1.29, 1.82) is 0 Å². The normalized spacial score (nSPS) is 15.4. The standard InChI is InChI=1S/C20H26N4O/c1-14-9-10-17(12-15(14)2)24-20(21)23-13-16-6-5-11-22-19(16)25-18-7-3-4-8-18/h5-6,9-12,18H,3-4,7-8,13H2,1-2H3,(H3,21,23,24). The summed E-state index contributed by atoms with van der Waals surface area (Å²) in [4.78, 5) is 8.81. The Morgan fingerprint density at radius 3 is 2.80 bits per heavy atom. The minimum atomic E-state index is 0.281. The Morgan fingerprint density at radius 2 is 2.04 bits per heavy atom. The summed E-state index contributed by atoms with van der Waals surface area (Å²) < 4.78 is 6.04. The summed E-state index contributed by atoms with van der Waals surface area (Å²) in [6.45, 7) is 4.61. The van der Waals surface area contributed by atoms with Crippen LogP contribution < -0.4 is 15.8 Å². The molecular formula is C20H26N4O. The lowest BCUT2D eigenvalue weighted by atomic mass is 10.1. The number of guanidine groups is 1. The molecule has 0 spiro atoms. The molecule has 1 aromatic heterocycles. The molecule has 0 saturated heterocycles. The van der Waals surface area contributed by atoms with Crippen molar-refractivity contribution in [2.75, 3.05) is 5.32 Å². The highest BCUT2D eigenvalue weighted by Gasteiger charge is 2.18. The first-order valence-corrected chi connectivity index (χ1v) is 8.86. The van der Waals surface area contributed by atoms with E-state index in [-0.39, 0.29) is 6.10 Å². The number of hydrogen-bond acceptors (Lipinski definition) is 3. The maximum absolute atomic E-state index is 6.04. The van der Waals surface area contributed by atoms with Crippen LogP contribution in [0.4, 0.5) is 5.69 Å². The fourth-order valence-corrected chi connectivity index (χ4v) is 2.99. The van der Waals surface area contributed by atoms with Crippen LogP contribution in [0, 0.1) is 13.8 Å². The van der Waals surface area contributed by atoms with Gasteiger partial charge >= 0.3 is 0 Å². The largest absolute Gasteiger partial charge is 0.474 e. The number of aryl methyl sites for hydroxylation is 2. The topological polar surface area (TPSA) is 72.5 Å². The predicted molar refractivity (Wildman–Crippen MR) is 102 cm³/mol. The Kier molecular flexibility index (Phi) is 5.53. The van der Waals surface area contributed by atoms with Crippen molar-refractivity contribution in [2.45, 2.75) is 52.2 Å². The lowest BCUT2D eigenvalue weighted by Gasteiger charge is -2.14. The quantitative estimate of drug-likeness (QED) is 0.639. The van der Waals surface area contributed by atoms with Crippen molar-refractivity contribution in [3.8, 4) is 5.88 Å². The number of nitrogens with two attached hydrogens (primary N) is 1. The number of ether oxygens (including phenoxy) is 1.